The van der Waals surface area contributed by atoms with Crippen LogP contribution >= 0.6 is 0 Å². The summed E-state index contributed by atoms with van der Waals surface area (Å²) >= 11 is 0. The summed E-state index contributed by atoms with van der Waals surface area (Å²) in [4.78, 5) is 4.14. The Balaban J connectivity index is 1.32. The molecule has 0 aromatic carbocycles. The fourth-order valence-electron chi connectivity index (χ4n) is 5.14. The van der Waals surface area contributed by atoms with Crippen molar-refractivity contribution in [2.24, 2.45) is 0 Å². The van der Waals surface area contributed by atoms with Crippen LogP contribution in [-0.4, -0.2) is 48.6 Å². The predicted octanol–water partition coefficient (Wildman–Crippen LogP) is 4.66. The molecule has 2 aromatic heterocycles. The quantitative estimate of drug-likeness (QED) is 0.472. The van der Waals surface area contributed by atoms with E-state index in [-0.39, 0.29) is 30.9 Å². The molecule has 0 spiro atoms. The first-order valence-corrected chi connectivity index (χ1v) is 13.1. The number of hydrogen-bond acceptors (Lipinski definition) is 9. The Bertz CT molecular complexity index is 1320. The van der Waals surface area contributed by atoms with Gasteiger partial charge in [-0.05, 0) is 74.3 Å². The summed E-state index contributed by atoms with van der Waals surface area (Å²) in [6.07, 6.45) is 14.1. The van der Waals surface area contributed by atoms with Crippen LogP contribution in [0.2, 0.25) is 0 Å². The number of ether oxygens (including phenoxy) is 1. The number of rotatable bonds is 8. The molecular formula is C30H30N4O5. The van der Waals surface area contributed by atoms with Gasteiger partial charge in [-0.2, -0.15) is 10.5 Å². The maximum Gasteiger partial charge on any atom is 0.196 e. The average molecular weight is 527 g/mol. The number of furan rings is 2. The third kappa shape index (κ3) is 5.85. The first kappa shape index (κ1) is 26.2. The van der Waals surface area contributed by atoms with E-state index < -0.39 is 0 Å². The van der Waals surface area contributed by atoms with E-state index in [0.29, 0.717) is 40.4 Å². The van der Waals surface area contributed by atoms with E-state index in [4.69, 9.17) is 13.6 Å². The Labute approximate surface area is 227 Å². The summed E-state index contributed by atoms with van der Waals surface area (Å²) in [5, 5.41) is 38.0. The standard InChI is InChI=1S/C30H30N4O5/c31-17-22(18-32)21-15-27(7-5-25-9-11-29(38-25)33-13-1-3-23(33)19-35)37-28(16-21)8-6-26-10-12-30(39-26)34-14-2-4-24(34)20-36/h5-12,15-16,23-24,35-36H,1-4,13-14,19-20H2/b7-5+,8-6+/t23-,24-/m0/s1. The fourth-order valence-corrected chi connectivity index (χ4v) is 5.14. The van der Waals surface area contributed by atoms with Gasteiger partial charge >= 0.3 is 0 Å². The van der Waals surface area contributed by atoms with Crippen LogP contribution in [0.1, 0.15) is 37.2 Å². The van der Waals surface area contributed by atoms with E-state index in [1.165, 1.54) is 0 Å². The van der Waals surface area contributed by atoms with Crippen LogP contribution in [0.4, 0.5) is 11.8 Å². The van der Waals surface area contributed by atoms with Crippen molar-refractivity contribution in [1.82, 2.24) is 0 Å². The smallest absolute Gasteiger partial charge is 0.196 e. The average Bonchev–Trinajstić information content (AvgIpc) is 3.77. The van der Waals surface area contributed by atoms with Crippen molar-refractivity contribution >= 4 is 23.9 Å². The van der Waals surface area contributed by atoms with Gasteiger partial charge in [0.1, 0.15) is 40.8 Å². The third-order valence-corrected chi connectivity index (χ3v) is 7.13. The number of aliphatic hydroxyl groups excluding tert-OH is 2. The largest absolute Gasteiger partial charge is 0.457 e. The van der Waals surface area contributed by atoms with Gasteiger partial charge in [0.15, 0.2) is 11.8 Å². The Hall–Kier alpha value is -4.44. The Morgan fingerprint density at radius 1 is 0.795 bits per heavy atom. The highest BCUT2D eigenvalue weighted by molar-refractivity contribution is 5.59. The van der Waals surface area contributed by atoms with E-state index in [1.807, 2.05) is 36.4 Å². The highest BCUT2D eigenvalue weighted by atomic mass is 16.5. The summed E-state index contributed by atoms with van der Waals surface area (Å²) < 4.78 is 17.9. The zero-order valence-corrected chi connectivity index (χ0v) is 21.5. The first-order valence-electron chi connectivity index (χ1n) is 13.1. The molecule has 0 saturated carbocycles. The molecule has 5 rings (SSSR count). The molecule has 2 fully saturated rings. The third-order valence-electron chi connectivity index (χ3n) is 7.13. The maximum absolute atomic E-state index is 9.60. The van der Waals surface area contributed by atoms with Crippen LogP contribution in [-0.2, 0) is 4.74 Å². The van der Waals surface area contributed by atoms with Crippen molar-refractivity contribution in [3.8, 4) is 12.1 Å². The Kier molecular flexibility index (Phi) is 8.02. The second kappa shape index (κ2) is 12.0. The van der Waals surface area contributed by atoms with Crippen LogP contribution < -0.4 is 9.80 Å². The fraction of sp³-hybridized carbons (Fsp3) is 0.333. The van der Waals surface area contributed by atoms with Crippen molar-refractivity contribution in [1.29, 1.82) is 10.5 Å². The lowest BCUT2D eigenvalue weighted by Gasteiger charge is -2.21. The second-order valence-corrected chi connectivity index (χ2v) is 9.61. The molecule has 0 bridgehead atoms. The molecule has 3 aliphatic rings. The maximum atomic E-state index is 9.60. The Morgan fingerprint density at radius 2 is 1.28 bits per heavy atom. The van der Waals surface area contributed by atoms with Gasteiger partial charge in [0.2, 0.25) is 0 Å². The Morgan fingerprint density at radius 3 is 1.72 bits per heavy atom. The summed E-state index contributed by atoms with van der Waals surface area (Å²) in [5.74, 6) is 3.52. The van der Waals surface area contributed by atoms with Crippen molar-refractivity contribution < 1.29 is 23.8 Å². The van der Waals surface area contributed by atoms with Crippen LogP contribution in [0.3, 0.4) is 0 Å². The van der Waals surface area contributed by atoms with Gasteiger partial charge in [-0.15, -0.1) is 0 Å². The number of nitrogens with zero attached hydrogens (tertiary/aromatic N) is 4. The molecule has 9 heteroatoms. The first-order chi connectivity index (χ1) is 19.1. The minimum Gasteiger partial charge on any atom is -0.457 e. The molecule has 0 amide bonds. The molecule has 2 atom stereocenters. The number of aliphatic hydroxyl groups is 2. The molecule has 39 heavy (non-hydrogen) atoms. The predicted molar refractivity (Wildman–Crippen MR) is 146 cm³/mol. The molecule has 200 valence electrons. The molecule has 0 unspecified atom stereocenters. The molecular weight excluding hydrogens is 496 g/mol. The number of nitriles is 2. The van der Waals surface area contributed by atoms with Crippen molar-refractivity contribution in [2.75, 3.05) is 36.1 Å². The monoisotopic (exact) mass is 526 g/mol. The lowest BCUT2D eigenvalue weighted by atomic mass is 10.1. The molecule has 0 aliphatic carbocycles. The number of anilines is 2. The summed E-state index contributed by atoms with van der Waals surface area (Å²) in [5.41, 5.74) is 0.417. The van der Waals surface area contributed by atoms with Crippen LogP contribution in [0.5, 0.6) is 0 Å². The minimum absolute atomic E-state index is 0.0242. The molecule has 5 heterocycles. The topological polar surface area (TPSA) is 130 Å². The van der Waals surface area contributed by atoms with Gasteiger partial charge in [-0.3, -0.25) is 0 Å². The van der Waals surface area contributed by atoms with Crippen LogP contribution in [0.15, 0.2) is 80.1 Å². The van der Waals surface area contributed by atoms with Crippen molar-refractivity contribution in [2.45, 2.75) is 37.8 Å². The van der Waals surface area contributed by atoms with E-state index in [9.17, 15) is 20.7 Å². The molecule has 2 saturated heterocycles. The summed E-state index contributed by atoms with van der Waals surface area (Å²) in [6.45, 7) is 1.86. The van der Waals surface area contributed by atoms with Gasteiger partial charge in [0.25, 0.3) is 0 Å². The lowest BCUT2D eigenvalue weighted by molar-refractivity contribution is 0.263. The highest BCUT2D eigenvalue weighted by Crippen LogP contribution is 2.30. The van der Waals surface area contributed by atoms with Gasteiger partial charge in [0, 0.05) is 30.8 Å². The summed E-state index contributed by atoms with van der Waals surface area (Å²) in [6, 6.07) is 11.5. The van der Waals surface area contributed by atoms with E-state index in [1.54, 1.807) is 36.5 Å². The van der Waals surface area contributed by atoms with Crippen LogP contribution in [0, 0.1) is 22.7 Å². The van der Waals surface area contributed by atoms with E-state index in [2.05, 4.69) is 9.80 Å². The molecule has 3 aliphatic heterocycles. The van der Waals surface area contributed by atoms with Crippen molar-refractivity contribution in [3.63, 3.8) is 0 Å². The summed E-state index contributed by atoms with van der Waals surface area (Å²) in [7, 11) is 0. The van der Waals surface area contributed by atoms with E-state index >= 15 is 0 Å². The molecule has 2 N–H and O–H groups in total. The zero-order chi connectivity index (χ0) is 27.2. The number of allylic oxidation sites excluding steroid dienone is 6. The highest BCUT2D eigenvalue weighted by Gasteiger charge is 2.27. The zero-order valence-electron chi connectivity index (χ0n) is 21.5. The normalized spacial score (nSPS) is 21.3. The lowest BCUT2D eigenvalue weighted by Crippen LogP contribution is -2.31. The van der Waals surface area contributed by atoms with Crippen molar-refractivity contribution in [3.05, 3.63) is 82.8 Å². The molecule has 0 radical (unpaired) electrons. The second-order valence-electron chi connectivity index (χ2n) is 9.61. The minimum atomic E-state index is -0.0242. The molecule has 2 aromatic rings. The van der Waals surface area contributed by atoms with E-state index in [0.717, 1.165) is 38.8 Å². The molecule has 9 nitrogen and oxygen atoms in total. The van der Waals surface area contributed by atoms with Gasteiger partial charge in [0.05, 0.1) is 25.3 Å². The van der Waals surface area contributed by atoms with Gasteiger partial charge in [-0.25, -0.2) is 0 Å². The SMILES string of the molecule is N#CC(C#N)=C1C=C(/C=C/c2ccc(N3CCC[C@H]3CO)o2)OC(/C=C/c2ccc(N3CCC[C@H]3CO)o2)=C1. The van der Waals surface area contributed by atoms with Crippen LogP contribution in [0.25, 0.3) is 12.2 Å². The van der Waals surface area contributed by atoms with Gasteiger partial charge < -0.3 is 33.6 Å². The number of hydrogen-bond donors (Lipinski definition) is 2. The van der Waals surface area contributed by atoms with Gasteiger partial charge in [-0.1, -0.05) is 0 Å².